The average molecular weight is 336 g/mol. The van der Waals surface area contributed by atoms with Crippen molar-refractivity contribution < 1.29 is 5.11 Å². The van der Waals surface area contributed by atoms with Gasteiger partial charge in [0.05, 0.1) is 11.8 Å². The number of nitrogens with zero attached hydrogens (tertiary/aromatic N) is 3. The molecule has 1 aliphatic carbocycles. The molecule has 25 heavy (non-hydrogen) atoms. The van der Waals surface area contributed by atoms with Crippen molar-refractivity contribution in [3.05, 3.63) is 46.9 Å². The molecule has 1 unspecified atom stereocenters. The van der Waals surface area contributed by atoms with E-state index in [0.29, 0.717) is 0 Å². The molecule has 5 heteroatoms. The third-order valence-corrected chi connectivity index (χ3v) is 6.31. The zero-order chi connectivity index (χ0) is 17.2. The van der Waals surface area contributed by atoms with Crippen LogP contribution in [0.25, 0.3) is 0 Å². The van der Waals surface area contributed by atoms with E-state index in [1.807, 2.05) is 0 Å². The summed E-state index contributed by atoms with van der Waals surface area (Å²) in [6.45, 7) is 7.43. The summed E-state index contributed by atoms with van der Waals surface area (Å²) in [7, 11) is 0. The minimum Gasteiger partial charge on any atom is -0.387 e. The highest BCUT2D eigenvalue weighted by molar-refractivity contribution is 5.75. The Bertz CT molecular complexity index is 844. The van der Waals surface area contributed by atoms with Crippen molar-refractivity contribution >= 4 is 11.5 Å². The SMILES string of the molecule is Cc1cccc2c1C1(CCNC1)CN2c1ncnc2c1[C@H](C)C[C@H]2O. The van der Waals surface area contributed by atoms with E-state index in [1.165, 1.54) is 16.8 Å². The average Bonchev–Trinajstić information content (AvgIpc) is 3.28. The van der Waals surface area contributed by atoms with E-state index in [4.69, 9.17) is 0 Å². The summed E-state index contributed by atoms with van der Waals surface area (Å²) >= 11 is 0. The van der Waals surface area contributed by atoms with E-state index in [0.717, 1.165) is 49.6 Å². The van der Waals surface area contributed by atoms with E-state index in [2.05, 4.69) is 52.2 Å². The lowest BCUT2D eigenvalue weighted by atomic mass is 9.79. The van der Waals surface area contributed by atoms with Crippen LogP contribution in [0.1, 0.15) is 54.2 Å². The molecule has 2 N–H and O–H groups in total. The summed E-state index contributed by atoms with van der Waals surface area (Å²) < 4.78 is 0. The van der Waals surface area contributed by atoms with Gasteiger partial charge < -0.3 is 15.3 Å². The van der Waals surface area contributed by atoms with E-state index < -0.39 is 6.10 Å². The van der Waals surface area contributed by atoms with Gasteiger partial charge in [-0.05, 0) is 49.4 Å². The van der Waals surface area contributed by atoms with Gasteiger partial charge in [0, 0.05) is 29.8 Å². The van der Waals surface area contributed by atoms with E-state index in [9.17, 15) is 5.11 Å². The summed E-state index contributed by atoms with van der Waals surface area (Å²) in [5.41, 5.74) is 6.22. The van der Waals surface area contributed by atoms with Crippen molar-refractivity contribution in [2.45, 2.75) is 44.1 Å². The quantitative estimate of drug-likeness (QED) is 0.838. The number of nitrogens with one attached hydrogen (secondary N) is 1. The molecule has 3 heterocycles. The normalized spacial score (nSPS) is 30.1. The van der Waals surface area contributed by atoms with Gasteiger partial charge in [-0.25, -0.2) is 9.97 Å². The van der Waals surface area contributed by atoms with Gasteiger partial charge in [-0.3, -0.25) is 0 Å². The second-order valence-electron chi connectivity index (χ2n) is 7.91. The highest BCUT2D eigenvalue weighted by Crippen LogP contribution is 2.51. The monoisotopic (exact) mass is 336 g/mol. The molecule has 1 spiro atoms. The number of aryl methyl sites for hydroxylation is 1. The number of aliphatic hydroxyl groups is 1. The largest absolute Gasteiger partial charge is 0.387 e. The third kappa shape index (κ3) is 2.02. The van der Waals surface area contributed by atoms with Gasteiger partial charge in [0.1, 0.15) is 12.1 Å². The number of rotatable bonds is 1. The van der Waals surface area contributed by atoms with E-state index >= 15 is 0 Å². The first kappa shape index (κ1) is 15.3. The van der Waals surface area contributed by atoms with Crippen LogP contribution in [0.2, 0.25) is 0 Å². The highest BCUT2D eigenvalue weighted by atomic mass is 16.3. The second-order valence-corrected chi connectivity index (χ2v) is 7.91. The van der Waals surface area contributed by atoms with Gasteiger partial charge in [0.2, 0.25) is 0 Å². The van der Waals surface area contributed by atoms with E-state index in [-0.39, 0.29) is 11.3 Å². The maximum Gasteiger partial charge on any atom is 0.140 e. The van der Waals surface area contributed by atoms with E-state index in [1.54, 1.807) is 6.33 Å². The smallest absolute Gasteiger partial charge is 0.140 e. The lowest BCUT2D eigenvalue weighted by molar-refractivity contribution is 0.170. The fraction of sp³-hybridized carbons (Fsp3) is 0.500. The Morgan fingerprint density at radius 1 is 1.32 bits per heavy atom. The maximum atomic E-state index is 10.3. The molecule has 1 aromatic carbocycles. The van der Waals surface area contributed by atoms with Gasteiger partial charge in [-0.2, -0.15) is 0 Å². The minimum atomic E-state index is -0.464. The minimum absolute atomic E-state index is 0.166. The third-order valence-electron chi connectivity index (χ3n) is 6.31. The molecule has 1 saturated heterocycles. The first-order chi connectivity index (χ1) is 12.1. The van der Waals surface area contributed by atoms with Crippen LogP contribution in [0, 0.1) is 6.92 Å². The van der Waals surface area contributed by atoms with Gasteiger partial charge in [-0.15, -0.1) is 0 Å². The van der Waals surface area contributed by atoms with Crippen LogP contribution in [-0.4, -0.2) is 34.7 Å². The van der Waals surface area contributed by atoms with Crippen LogP contribution >= 0.6 is 0 Å². The van der Waals surface area contributed by atoms with Gasteiger partial charge in [0.25, 0.3) is 0 Å². The van der Waals surface area contributed by atoms with Crippen molar-refractivity contribution in [3.8, 4) is 0 Å². The summed E-state index contributed by atoms with van der Waals surface area (Å²) in [5, 5.41) is 13.9. The van der Waals surface area contributed by atoms with Crippen LogP contribution in [-0.2, 0) is 5.41 Å². The maximum absolute atomic E-state index is 10.3. The summed E-state index contributed by atoms with van der Waals surface area (Å²) in [6.07, 6.45) is 3.05. The van der Waals surface area contributed by atoms with Crippen molar-refractivity contribution in [2.75, 3.05) is 24.5 Å². The predicted octanol–water partition coefficient (Wildman–Crippen LogP) is 2.71. The molecule has 130 valence electrons. The number of hydrogen-bond donors (Lipinski definition) is 2. The standard InChI is InChI=1S/C20H24N4O/c1-12-4-3-5-14-17(12)20(6-7-21-9-20)10-24(14)19-16-13(2)8-15(25)18(16)22-11-23-19/h3-5,11,13,15,21,25H,6-10H2,1-2H3/t13-,15-,20?/m1/s1. The number of aromatic nitrogens is 2. The van der Waals surface area contributed by atoms with Gasteiger partial charge in [0.15, 0.2) is 0 Å². The van der Waals surface area contributed by atoms with Crippen LogP contribution in [0.3, 0.4) is 0 Å². The highest BCUT2D eigenvalue weighted by Gasteiger charge is 2.47. The van der Waals surface area contributed by atoms with Crippen molar-refractivity contribution in [3.63, 3.8) is 0 Å². The molecular formula is C20H24N4O. The molecule has 3 atom stereocenters. The van der Waals surface area contributed by atoms with Crippen LogP contribution in [0.5, 0.6) is 0 Å². The molecule has 0 amide bonds. The Morgan fingerprint density at radius 2 is 2.20 bits per heavy atom. The van der Waals surface area contributed by atoms with Crippen molar-refractivity contribution in [2.24, 2.45) is 0 Å². The summed E-state index contributed by atoms with van der Waals surface area (Å²) in [6, 6.07) is 6.58. The fourth-order valence-electron chi connectivity index (χ4n) is 5.23. The van der Waals surface area contributed by atoms with Gasteiger partial charge >= 0.3 is 0 Å². The van der Waals surface area contributed by atoms with Crippen LogP contribution < -0.4 is 10.2 Å². The number of fused-ring (bicyclic) bond motifs is 3. The molecule has 1 aromatic heterocycles. The molecule has 0 bridgehead atoms. The molecule has 0 saturated carbocycles. The Balaban J connectivity index is 1.70. The van der Waals surface area contributed by atoms with Crippen molar-refractivity contribution in [1.82, 2.24) is 15.3 Å². The Labute approximate surface area is 148 Å². The van der Waals surface area contributed by atoms with Gasteiger partial charge in [-0.1, -0.05) is 19.1 Å². The molecule has 1 fully saturated rings. The second kappa shape index (κ2) is 5.26. The predicted molar refractivity (Wildman–Crippen MR) is 97.4 cm³/mol. The molecule has 5 rings (SSSR count). The molecule has 3 aliphatic rings. The topological polar surface area (TPSA) is 61.3 Å². The zero-order valence-corrected chi connectivity index (χ0v) is 14.8. The first-order valence-corrected chi connectivity index (χ1v) is 9.22. The van der Waals surface area contributed by atoms with Crippen molar-refractivity contribution in [1.29, 1.82) is 0 Å². The summed E-state index contributed by atoms with van der Waals surface area (Å²) in [5.74, 6) is 1.28. The summed E-state index contributed by atoms with van der Waals surface area (Å²) in [4.78, 5) is 11.4. The number of benzene rings is 1. The van der Waals surface area contributed by atoms with Crippen LogP contribution in [0.15, 0.2) is 24.5 Å². The molecule has 2 aliphatic heterocycles. The first-order valence-electron chi connectivity index (χ1n) is 9.22. The Morgan fingerprint density at radius 3 is 3.00 bits per heavy atom. The number of hydrogen-bond acceptors (Lipinski definition) is 5. The number of anilines is 2. The van der Waals surface area contributed by atoms with Crippen LogP contribution in [0.4, 0.5) is 11.5 Å². The Kier molecular flexibility index (Phi) is 3.21. The molecular weight excluding hydrogens is 312 g/mol. The zero-order valence-electron chi connectivity index (χ0n) is 14.8. The number of aliphatic hydroxyl groups excluding tert-OH is 1. The molecule has 0 radical (unpaired) electrons. The lowest BCUT2D eigenvalue weighted by Crippen LogP contribution is -2.34. The molecule has 5 nitrogen and oxygen atoms in total. The fourth-order valence-corrected chi connectivity index (χ4v) is 5.23. The molecule has 2 aromatic rings. The lowest BCUT2D eigenvalue weighted by Gasteiger charge is -2.26. The Hall–Kier alpha value is -1.98.